The monoisotopic (exact) mass is 292 g/mol. The summed E-state index contributed by atoms with van der Waals surface area (Å²) in [5.41, 5.74) is 9.09. The molecule has 0 atom stereocenters. The van der Waals surface area contributed by atoms with Gasteiger partial charge < -0.3 is 10.6 Å². The van der Waals surface area contributed by atoms with Crippen molar-refractivity contribution >= 4 is 30.6 Å². The standard InChI is InChI=1S/C12H20N4.2ClH/c1-3-9-12(13)15-11-6-8-16(4-2)7-5-10(11)14-9;;/h3-8H2,1-2H3,(H2,13,15);2*1H. The minimum atomic E-state index is 0. The van der Waals surface area contributed by atoms with Crippen LogP contribution in [0.2, 0.25) is 0 Å². The maximum absolute atomic E-state index is 5.89. The molecule has 1 aromatic heterocycles. The van der Waals surface area contributed by atoms with Crippen molar-refractivity contribution in [2.45, 2.75) is 33.1 Å². The van der Waals surface area contributed by atoms with Gasteiger partial charge in [-0.15, -0.1) is 24.8 Å². The topological polar surface area (TPSA) is 55.0 Å². The van der Waals surface area contributed by atoms with Crippen LogP contribution in [0.5, 0.6) is 0 Å². The predicted molar refractivity (Wildman–Crippen MR) is 79.8 cm³/mol. The van der Waals surface area contributed by atoms with Crippen LogP contribution in [0.15, 0.2) is 0 Å². The van der Waals surface area contributed by atoms with Gasteiger partial charge in [-0.05, 0) is 13.0 Å². The first kappa shape index (κ1) is 17.4. The number of fused-ring (bicyclic) bond motifs is 1. The van der Waals surface area contributed by atoms with Crippen molar-refractivity contribution in [2.75, 3.05) is 25.4 Å². The zero-order valence-electron chi connectivity index (χ0n) is 11.0. The fourth-order valence-electron chi connectivity index (χ4n) is 2.18. The molecule has 0 unspecified atom stereocenters. The Hall–Kier alpha value is -0.580. The molecule has 18 heavy (non-hydrogen) atoms. The molecule has 1 aliphatic rings. The second-order valence-corrected chi connectivity index (χ2v) is 4.24. The van der Waals surface area contributed by atoms with Gasteiger partial charge in [0.25, 0.3) is 0 Å². The summed E-state index contributed by atoms with van der Waals surface area (Å²) in [6.07, 6.45) is 2.84. The molecule has 0 fully saturated rings. The molecule has 4 nitrogen and oxygen atoms in total. The van der Waals surface area contributed by atoms with Gasteiger partial charge in [0.15, 0.2) is 0 Å². The number of hydrogen-bond donors (Lipinski definition) is 1. The zero-order valence-corrected chi connectivity index (χ0v) is 12.6. The van der Waals surface area contributed by atoms with Crippen molar-refractivity contribution in [2.24, 2.45) is 0 Å². The molecule has 2 heterocycles. The van der Waals surface area contributed by atoms with E-state index >= 15 is 0 Å². The highest BCUT2D eigenvalue weighted by atomic mass is 35.5. The summed E-state index contributed by atoms with van der Waals surface area (Å²) in [7, 11) is 0. The van der Waals surface area contributed by atoms with Gasteiger partial charge in [0.05, 0.1) is 17.1 Å². The third kappa shape index (κ3) is 3.70. The third-order valence-electron chi connectivity index (χ3n) is 3.27. The minimum Gasteiger partial charge on any atom is -0.382 e. The molecule has 1 aliphatic heterocycles. The average Bonchev–Trinajstić information content (AvgIpc) is 2.49. The molecule has 0 saturated carbocycles. The van der Waals surface area contributed by atoms with Crippen molar-refractivity contribution in [3.63, 3.8) is 0 Å². The van der Waals surface area contributed by atoms with Crippen molar-refractivity contribution in [1.82, 2.24) is 14.9 Å². The van der Waals surface area contributed by atoms with E-state index in [0.29, 0.717) is 5.82 Å². The predicted octanol–water partition coefficient (Wildman–Crippen LogP) is 1.89. The van der Waals surface area contributed by atoms with E-state index in [1.165, 1.54) is 0 Å². The van der Waals surface area contributed by atoms with Crippen molar-refractivity contribution in [1.29, 1.82) is 0 Å². The highest BCUT2D eigenvalue weighted by Gasteiger charge is 2.16. The molecular formula is C12H22Cl2N4. The summed E-state index contributed by atoms with van der Waals surface area (Å²) in [6, 6.07) is 0. The van der Waals surface area contributed by atoms with Gasteiger partial charge >= 0.3 is 0 Å². The number of anilines is 1. The molecule has 0 aromatic carbocycles. The molecule has 104 valence electrons. The molecular weight excluding hydrogens is 271 g/mol. The van der Waals surface area contributed by atoms with Gasteiger partial charge in [-0.2, -0.15) is 0 Å². The van der Waals surface area contributed by atoms with E-state index in [-0.39, 0.29) is 24.8 Å². The molecule has 0 amide bonds. The summed E-state index contributed by atoms with van der Waals surface area (Å²) in [6.45, 7) is 7.53. The number of hydrogen-bond acceptors (Lipinski definition) is 4. The lowest BCUT2D eigenvalue weighted by Gasteiger charge is -2.15. The molecule has 0 radical (unpaired) electrons. The molecule has 1 aromatic rings. The Kier molecular flexibility index (Phi) is 7.52. The van der Waals surface area contributed by atoms with Gasteiger partial charge in [-0.3, -0.25) is 4.98 Å². The van der Waals surface area contributed by atoms with Crippen LogP contribution in [0.25, 0.3) is 0 Å². The first-order valence-corrected chi connectivity index (χ1v) is 6.11. The van der Waals surface area contributed by atoms with Crippen LogP contribution >= 0.6 is 24.8 Å². The van der Waals surface area contributed by atoms with Gasteiger partial charge in [0.2, 0.25) is 0 Å². The van der Waals surface area contributed by atoms with E-state index < -0.39 is 0 Å². The zero-order chi connectivity index (χ0) is 11.5. The second-order valence-electron chi connectivity index (χ2n) is 4.24. The maximum atomic E-state index is 5.89. The van der Waals surface area contributed by atoms with Gasteiger partial charge in [0.1, 0.15) is 5.82 Å². The van der Waals surface area contributed by atoms with Gasteiger partial charge in [-0.1, -0.05) is 13.8 Å². The quantitative estimate of drug-likeness (QED) is 0.904. The Balaban J connectivity index is 0.00000144. The van der Waals surface area contributed by atoms with Crippen LogP contribution in [0, 0.1) is 0 Å². The molecule has 6 heteroatoms. The largest absolute Gasteiger partial charge is 0.382 e. The van der Waals surface area contributed by atoms with Crippen LogP contribution in [0.4, 0.5) is 5.82 Å². The van der Waals surface area contributed by atoms with Crippen LogP contribution in [-0.2, 0) is 19.3 Å². The lowest BCUT2D eigenvalue weighted by Crippen LogP contribution is -2.25. The molecule has 0 saturated heterocycles. The normalized spacial score (nSPS) is 15.0. The third-order valence-corrected chi connectivity index (χ3v) is 3.27. The van der Waals surface area contributed by atoms with Crippen LogP contribution in [-0.4, -0.2) is 34.5 Å². The first-order valence-electron chi connectivity index (χ1n) is 6.11. The van der Waals surface area contributed by atoms with E-state index in [9.17, 15) is 0 Å². The van der Waals surface area contributed by atoms with E-state index in [1.54, 1.807) is 0 Å². The van der Waals surface area contributed by atoms with Crippen molar-refractivity contribution in [3.05, 3.63) is 17.1 Å². The summed E-state index contributed by atoms with van der Waals surface area (Å²) in [5.74, 6) is 0.617. The number of halogens is 2. The fraction of sp³-hybridized carbons (Fsp3) is 0.667. The minimum absolute atomic E-state index is 0. The summed E-state index contributed by atoms with van der Waals surface area (Å²) in [4.78, 5) is 11.6. The van der Waals surface area contributed by atoms with Crippen LogP contribution in [0.1, 0.15) is 30.9 Å². The molecule has 0 aliphatic carbocycles. The van der Waals surface area contributed by atoms with E-state index in [2.05, 4.69) is 28.7 Å². The van der Waals surface area contributed by atoms with Crippen molar-refractivity contribution < 1.29 is 0 Å². The molecule has 0 spiro atoms. The fourth-order valence-corrected chi connectivity index (χ4v) is 2.18. The van der Waals surface area contributed by atoms with E-state index in [0.717, 1.165) is 56.0 Å². The highest BCUT2D eigenvalue weighted by Crippen LogP contribution is 2.16. The second kappa shape index (κ2) is 7.77. The Morgan fingerprint density at radius 2 is 1.61 bits per heavy atom. The first-order chi connectivity index (χ1) is 7.74. The summed E-state index contributed by atoms with van der Waals surface area (Å²) >= 11 is 0. The molecule has 2 rings (SSSR count). The summed E-state index contributed by atoms with van der Waals surface area (Å²) in [5, 5.41) is 0. The number of aromatic nitrogens is 2. The van der Waals surface area contributed by atoms with E-state index in [4.69, 9.17) is 5.73 Å². The highest BCUT2D eigenvalue weighted by molar-refractivity contribution is 5.85. The number of nitrogens with two attached hydrogens (primary N) is 1. The van der Waals surface area contributed by atoms with Crippen LogP contribution in [0.3, 0.4) is 0 Å². The number of rotatable bonds is 2. The van der Waals surface area contributed by atoms with Gasteiger partial charge in [0, 0.05) is 25.9 Å². The number of nitrogen functional groups attached to an aromatic ring is 1. The molecule has 2 N–H and O–H groups in total. The van der Waals surface area contributed by atoms with E-state index in [1.807, 2.05) is 0 Å². The Labute approximate surface area is 121 Å². The number of aryl methyl sites for hydroxylation is 1. The lowest BCUT2D eigenvalue weighted by atomic mass is 10.2. The number of nitrogens with zero attached hydrogens (tertiary/aromatic N) is 3. The van der Waals surface area contributed by atoms with Crippen LogP contribution < -0.4 is 5.73 Å². The lowest BCUT2D eigenvalue weighted by molar-refractivity contribution is 0.302. The Morgan fingerprint density at radius 1 is 1.06 bits per heavy atom. The average molecular weight is 293 g/mol. The SMILES string of the molecule is CCc1nc2c(nc1N)CCN(CC)CC2.Cl.Cl. The number of likely N-dealkylation sites (N-methyl/N-ethyl adjacent to an activating group) is 1. The molecule has 0 bridgehead atoms. The Bertz CT molecular complexity index is 385. The maximum Gasteiger partial charge on any atom is 0.145 e. The summed E-state index contributed by atoms with van der Waals surface area (Å²) < 4.78 is 0. The van der Waals surface area contributed by atoms with Gasteiger partial charge in [-0.25, -0.2) is 4.98 Å². The Morgan fingerprint density at radius 3 is 2.11 bits per heavy atom. The smallest absolute Gasteiger partial charge is 0.145 e. The van der Waals surface area contributed by atoms with Crippen molar-refractivity contribution in [3.8, 4) is 0 Å².